The monoisotopic (exact) mass is 480 g/mol. The third-order valence-electron chi connectivity index (χ3n) is 5.37. The van der Waals surface area contributed by atoms with Gasteiger partial charge in [0.2, 0.25) is 0 Å². The number of nitrogens with zero attached hydrogens (tertiary/aromatic N) is 2. The molecule has 1 atom stereocenters. The van der Waals surface area contributed by atoms with Gasteiger partial charge in [0.15, 0.2) is 11.6 Å². The lowest BCUT2D eigenvalue weighted by atomic mass is 9.95. The molecule has 0 bridgehead atoms. The average Bonchev–Trinajstić information content (AvgIpc) is 2.80. The predicted octanol–water partition coefficient (Wildman–Crippen LogP) is 4.44. The zero-order valence-electron chi connectivity index (χ0n) is 17.5. The Labute approximate surface area is 192 Å². The Bertz CT molecular complexity index is 1230. The third kappa shape index (κ3) is 4.54. The molecule has 0 spiro atoms. The summed E-state index contributed by atoms with van der Waals surface area (Å²) in [6.07, 6.45) is 0. The van der Waals surface area contributed by atoms with E-state index in [1.165, 1.54) is 24.1 Å². The Morgan fingerprint density at radius 3 is 2.64 bits per heavy atom. The number of rotatable bonds is 5. The molecule has 0 saturated carbocycles. The molecule has 0 aliphatic carbocycles. The first-order valence-corrected chi connectivity index (χ1v) is 10.4. The SMILES string of the molecule is CN(C(=O)Nc1ccc(F)c(Cl)c1)[C@H]1COCc2nc(NCCO)c3cc(F)c(F)cc3c21. The van der Waals surface area contributed by atoms with Crippen LogP contribution in [0.25, 0.3) is 10.8 Å². The van der Waals surface area contributed by atoms with Crippen LogP contribution in [0, 0.1) is 17.5 Å². The number of aliphatic hydroxyl groups is 1. The normalized spacial score (nSPS) is 15.3. The van der Waals surface area contributed by atoms with Gasteiger partial charge in [-0.2, -0.15) is 0 Å². The molecule has 33 heavy (non-hydrogen) atoms. The van der Waals surface area contributed by atoms with Crippen molar-refractivity contribution in [2.45, 2.75) is 12.6 Å². The lowest BCUT2D eigenvalue weighted by Crippen LogP contribution is -2.39. The van der Waals surface area contributed by atoms with Gasteiger partial charge in [-0.15, -0.1) is 0 Å². The molecule has 1 aromatic heterocycles. The number of anilines is 2. The number of nitrogens with one attached hydrogen (secondary N) is 2. The van der Waals surface area contributed by atoms with Crippen molar-refractivity contribution < 1.29 is 27.8 Å². The van der Waals surface area contributed by atoms with Gasteiger partial charge < -0.3 is 25.4 Å². The van der Waals surface area contributed by atoms with Gasteiger partial charge in [-0.05, 0) is 35.7 Å². The van der Waals surface area contributed by atoms with E-state index in [0.29, 0.717) is 22.0 Å². The van der Waals surface area contributed by atoms with E-state index in [0.717, 1.165) is 18.2 Å². The zero-order valence-corrected chi connectivity index (χ0v) is 18.2. The fourth-order valence-electron chi connectivity index (χ4n) is 3.75. The molecule has 2 amide bonds. The number of amides is 2. The summed E-state index contributed by atoms with van der Waals surface area (Å²) in [5.41, 5.74) is 1.27. The van der Waals surface area contributed by atoms with Gasteiger partial charge in [0, 0.05) is 30.2 Å². The smallest absolute Gasteiger partial charge is 0.322 e. The minimum absolute atomic E-state index is 0.0975. The highest BCUT2D eigenvalue weighted by atomic mass is 35.5. The van der Waals surface area contributed by atoms with Crippen molar-refractivity contribution in [1.29, 1.82) is 0 Å². The largest absolute Gasteiger partial charge is 0.395 e. The molecule has 174 valence electrons. The molecule has 2 heterocycles. The minimum Gasteiger partial charge on any atom is -0.395 e. The Balaban J connectivity index is 1.74. The van der Waals surface area contributed by atoms with Crippen LogP contribution in [0.2, 0.25) is 5.02 Å². The number of halogens is 4. The van der Waals surface area contributed by atoms with Crippen molar-refractivity contribution in [3.05, 3.63) is 64.1 Å². The standard InChI is InChI=1S/C22H20ClF3N4O3/c1-30(22(32)28-11-2-3-15(24)14(23)6-11)19-10-33-9-18-20(19)12-7-16(25)17(26)8-13(12)21(29-18)27-4-5-31/h2-3,6-8,19,31H,4-5,9-10H2,1H3,(H,27,29)(H,28,32)/t19-/m0/s1. The highest BCUT2D eigenvalue weighted by Gasteiger charge is 2.32. The molecule has 0 fully saturated rings. The van der Waals surface area contributed by atoms with Gasteiger partial charge >= 0.3 is 6.03 Å². The quantitative estimate of drug-likeness (QED) is 0.502. The number of pyridine rings is 1. The summed E-state index contributed by atoms with van der Waals surface area (Å²) in [6, 6.07) is 4.67. The summed E-state index contributed by atoms with van der Waals surface area (Å²) in [5, 5.41) is 15.2. The maximum atomic E-state index is 14.2. The first kappa shape index (κ1) is 23.1. The Morgan fingerprint density at radius 1 is 1.21 bits per heavy atom. The first-order valence-electron chi connectivity index (χ1n) is 10.0. The highest BCUT2D eigenvalue weighted by Crippen LogP contribution is 2.38. The van der Waals surface area contributed by atoms with Gasteiger partial charge in [0.05, 0.1) is 36.6 Å². The van der Waals surface area contributed by atoms with Gasteiger partial charge in [0.1, 0.15) is 11.6 Å². The van der Waals surface area contributed by atoms with E-state index in [2.05, 4.69) is 15.6 Å². The number of hydrogen-bond donors (Lipinski definition) is 3. The van der Waals surface area contributed by atoms with Crippen LogP contribution in [0.4, 0.5) is 29.5 Å². The fourth-order valence-corrected chi connectivity index (χ4v) is 3.93. The van der Waals surface area contributed by atoms with Crippen molar-refractivity contribution >= 4 is 39.9 Å². The number of likely N-dealkylation sites (N-methyl/N-ethyl adjacent to an activating group) is 1. The summed E-state index contributed by atoms with van der Waals surface area (Å²) >= 11 is 5.78. The molecular weight excluding hydrogens is 461 g/mol. The molecule has 7 nitrogen and oxygen atoms in total. The topological polar surface area (TPSA) is 86.7 Å². The lowest BCUT2D eigenvalue weighted by Gasteiger charge is -2.34. The summed E-state index contributed by atoms with van der Waals surface area (Å²) in [7, 11) is 1.52. The third-order valence-corrected chi connectivity index (χ3v) is 5.66. The Kier molecular flexibility index (Phi) is 6.59. The number of hydrogen-bond acceptors (Lipinski definition) is 5. The van der Waals surface area contributed by atoms with Crippen LogP contribution in [0.1, 0.15) is 17.3 Å². The van der Waals surface area contributed by atoms with E-state index in [1.54, 1.807) is 0 Å². The van der Waals surface area contributed by atoms with E-state index < -0.39 is 29.5 Å². The van der Waals surface area contributed by atoms with Crippen molar-refractivity contribution in [3.8, 4) is 0 Å². The number of aliphatic hydroxyl groups excluding tert-OH is 1. The van der Waals surface area contributed by atoms with Crippen molar-refractivity contribution in [3.63, 3.8) is 0 Å². The summed E-state index contributed by atoms with van der Waals surface area (Å²) in [5.74, 6) is -2.43. The summed E-state index contributed by atoms with van der Waals surface area (Å²) in [4.78, 5) is 18.7. The minimum atomic E-state index is -1.04. The van der Waals surface area contributed by atoms with Crippen LogP contribution < -0.4 is 10.6 Å². The Hall–Kier alpha value is -3.08. The van der Waals surface area contributed by atoms with E-state index in [9.17, 15) is 18.0 Å². The lowest BCUT2D eigenvalue weighted by molar-refractivity contribution is 0.0529. The Morgan fingerprint density at radius 2 is 1.94 bits per heavy atom. The molecular formula is C22H20ClF3N4O3. The van der Waals surface area contributed by atoms with Crippen molar-refractivity contribution in [2.75, 3.05) is 37.4 Å². The van der Waals surface area contributed by atoms with Crippen LogP contribution in [0.5, 0.6) is 0 Å². The fraction of sp³-hybridized carbons (Fsp3) is 0.273. The van der Waals surface area contributed by atoms with Crippen LogP contribution in [0.3, 0.4) is 0 Å². The van der Waals surface area contributed by atoms with Crippen LogP contribution >= 0.6 is 11.6 Å². The maximum absolute atomic E-state index is 14.2. The molecule has 4 rings (SSSR count). The second-order valence-electron chi connectivity index (χ2n) is 7.48. The molecule has 3 aromatic rings. The van der Waals surface area contributed by atoms with E-state index in [4.69, 9.17) is 21.4 Å². The molecule has 11 heteroatoms. The zero-order chi connectivity index (χ0) is 23.7. The van der Waals surface area contributed by atoms with Crippen molar-refractivity contribution in [1.82, 2.24) is 9.88 Å². The maximum Gasteiger partial charge on any atom is 0.322 e. The van der Waals surface area contributed by atoms with Gasteiger partial charge in [-0.3, -0.25) is 0 Å². The molecule has 2 aromatic carbocycles. The highest BCUT2D eigenvalue weighted by molar-refractivity contribution is 6.31. The number of carbonyl (C=O) groups excluding carboxylic acids is 1. The first-order chi connectivity index (χ1) is 15.8. The number of urea groups is 1. The second-order valence-corrected chi connectivity index (χ2v) is 7.89. The number of ether oxygens (including phenoxy) is 1. The van der Waals surface area contributed by atoms with Crippen LogP contribution in [-0.2, 0) is 11.3 Å². The predicted molar refractivity (Wildman–Crippen MR) is 118 cm³/mol. The molecule has 0 unspecified atom stereocenters. The summed E-state index contributed by atoms with van der Waals surface area (Å²) in [6.45, 7) is 0.184. The van der Waals surface area contributed by atoms with Gasteiger partial charge in [-0.25, -0.2) is 22.9 Å². The number of benzene rings is 2. The van der Waals surface area contributed by atoms with E-state index in [-0.39, 0.29) is 42.9 Å². The number of fused-ring (bicyclic) bond motifs is 3. The van der Waals surface area contributed by atoms with Crippen molar-refractivity contribution in [2.24, 2.45) is 0 Å². The molecule has 3 N–H and O–H groups in total. The number of aromatic nitrogens is 1. The van der Waals surface area contributed by atoms with Gasteiger partial charge in [-0.1, -0.05) is 11.6 Å². The average molecular weight is 481 g/mol. The molecule has 0 radical (unpaired) electrons. The molecule has 1 aliphatic rings. The van der Waals surface area contributed by atoms with Crippen LogP contribution in [0.15, 0.2) is 30.3 Å². The number of carbonyl (C=O) groups is 1. The summed E-state index contributed by atoms with van der Waals surface area (Å²) < 4.78 is 47.3. The van der Waals surface area contributed by atoms with Gasteiger partial charge in [0.25, 0.3) is 0 Å². The molecule has 1 aliphatic heterocycles. The van der Waals surface area contributed by atoms with E-state index in [1.807, 2.05) is 0 Å². The molecule has 0 saturated heterocycles. The van der Waals surface area contributed by atoms with E-state index >= 15 is 0 Å². The van der Waals surface area contributed by atoms with Crippen LogP contribution in [-0.4, -0.2) is 47.8 Å². The second kappa shape index (κ2) is 9.42.